The van der Waals surface area contributed by atoms with E-state index < -0.39 is 0 Å². The van der Waals surface area contributed by atoms with Crippen molar-refractivity contribution in [2.75, 3.05) is 19.9 Å². The maximum Gasteiger partial charge on any atom is 0.202 e. The Morgan fingerprint density at radius 2 is 2.10 bits per heavy atom. The molecule has 1 saturated heterocycles. The number of ketones is 1. The number of carbonyl (C=O) groups is 1. The van der Waals surface area contributed by atoms with E-state index in [9.17, 15) is 4.79 Å². The molecule has 4 nitrogen and oxygen atoms in total. The quantitative estimate of drug-likeness (QED) is 0.669. The summed E-state index contributed by atoms with van der Waals surface area (Å²) >= 11 is 6.15. The van der Waals surface area contributed by atoms with Gasteiger partial charge in [-0.2, -0.15) is 0 Å². The van der Waals surface area contributed by atoms with Crippen LogP contribution in [0.1, 0.15) is 57.9 Å². The molecule has 29 heavy (non-hydrogen) atoms. The minimum atomic E-state index is 0.000488. The molecule has 4 rings (SSSR count). The average Bonchev–Trinajstić information content (AvgIpc) is 3.37. The standard InChI is InChI=1S/C24H33ClN2O2/c1-17-5-3-8-21(27-15-26-16-27)23(29-14-24(2)11-12-24)22(28)20(17)10-9-18-6-4-7-19(25)13-18/h4,6-7,13,17,20,26H,3,5,8-12,14-16H2,1-2H3/b23-21-. The van der Waals surface area contributed by atoms with Crippen LogP contribution in [0.2, 0.25) is 5.02 Å². The highest BCUT2D eigenvalue weighted by atomic mass is 35.5. The van der Waals surface area contributed by atoms with E-state index in [0.29, 0.717) is 18.3 Å². The Balaban J connectivity index is 1.55. The maximum absolute atomic E-state index is 13.7. The number of allylic oxidation sites excluding steroid dienone is 2. The summed E-state index contributed by atoms with van der Waals surface area (Å²) in [6.45, 7) is 6.78. The van der Waals surface area contributed by atoms with Crippen LogP contribution in [0.15, 0.2) is 35.7 Å². The molecule has 2 fully saturated rings. The van der Waals surface area contributed by atoms with Crippen LogP contribution in [0.4, 0.5) is 0 Å². The minimum absolute atomic E-state index is 0.000488. The number of Topliss-reactive ketones (excluding diaryl/α,β-unsaturated/α-hetero) is 1. The largest absolute Gasteiger partial charge is 0.487 e. The van der Waals surface area contributed by atoms with Gasteiger partial charge < -0.3 is 9.64 Å². The molecule has 0 aromatic heterocycles. The molecule has 2 aliphatic carbocycles. The van der Waals surface area contributed by atoms with Gasteiger partial charge in [0.05, 0.1) is 25.6 Å². The lowest BCUT2D eigenvalue weighted by molar-refractivity contribution is -0.125. The topological polar surface area (TPSA) is 41.6 Å². The summed E-state index contributed by atoms with van der Waals surface area (Å²) < 4.78 is 6.32. The third kappa shape index (κ3) is 4.97. The molecule has 3 aliphatic rings. The van der Waals surface area contributed by atoms with Crippen molar-refractivity contribution < 1.29 is 9.53 Å². The number of halogens is 1. The molecular weight excluding hydrogens is 384 g/mol. The molecule has 1 aromatic rings. The van der Waals surface area contributed by atoms with Crippen molar-refractivity contribution in [2.24, 2.45) is 17.3 Å². The van der Waals surface area contributed by atoms with E-state index in [-0.39, 0.29) is 17.1 Å². The van der Waals surface area contributed by atoms with E-state index in [4.69, 9.17) is 16.3 Å². The van der Waals surface area contributed by atoms with Crippen molar-refractivity contribution in [3.05, 3.63) is 46.3 Å². The minimum Gasteiger partial charge on any atom is -0.487 e. The highest BCUT2D eigenvalue weighted by Crippen LogP contribution is 2.46. The first-order chi connectivity index (χ1) is 14.0. The summed E-state index contributed by atoms with van der Waals surface area (Å²) in [5.41, 5.74) is 2.58. The number of ether oxygens (including phenoxy) is 1. The lowest BCUT2D eigenvalue weighted by Gasteiger charge is -2.39. The lowest BCUT2D eigenvalue weighted by Crippen LogP contribution is -2.52. The second-order valence-electron chi connectivity index (χ2n) is 9.49. The fourth-order valence-corrected chi connectivity index (χ4v) is 4.59. The van der Waals surface area contributed by atoms with Crippen LogP contribution in [0.5, 0.6) is 0 Å². The predicted molar refractivity (Wildman–Crippen MR) is 116 cm³/mol. The van der Waals surface area contributed by atoms with E-state index in [1.165, 1.54) is 18.4 Å². The zero-order chi connectivity index (χ0) is 20.4. The highest BCUT2D eigenvalue weighted by molar-refractivity contribution is 6.30. The van der Waals surface area contributed by atoms with Crippen LogP contribution in [0.3, 0.4) is 0 Å². The summed E-state index contributed by atoms with van der Waals surface area (Å²) in [4.78, 5) is 16.0. The van der Waals surface area contributed by atoms with Crippen molar-refractivity contribution in [3.8, 4) is 0 Å². The fraction of sp³-hybridized carbons (Fsp3) is 0.625. The number of nitrogens with one attached hydrogen (secondary N) is 1. The van der Waals surface area contributed by atoms with E-state index in [0.717, 1.165) is 56.2 Å². The van der Waals surface area contributed by atoms with Gasteiger partial charge in [-0.1, -0.05) is 37.6 Å². The molecule has 2 unspecified atom stereocenters. The van der Waals surface area contributed by atoms with Gasteiger partial charge in [0, 0.05) is 16.4 Å². The molecular formula is C24H33ClN2O2. The van der Waals surface area contributed by atoms with Crippen molar-refractivity contribution in [1.29, 1.82) is 0 Å². The van der Waals surface area contributed by atoms with Crippen LogP contribution in [0.25, 0.3) is 0 Å². The summed E-state index contributed by atoms with van der Waals surface area (Å²) in [7, 11) is 0. The smallest absolute Gasteiger partial charge is 0.202 e. The fourth-order valence-electron chi connectivity index (χ4n) is 4.38. The number of benzene rings is 1. The van der Waals surface area contributed by atoms with Crippen molar-refractivity contribution >= 4 is 17.4 Å². The number of hydrogen-bond acceptors (Lipinski definition) is 4. The molecule has 0 amide bonds. The van der Waals surface area contributed by atoms with E-state index in [2.05, 4.69) is 30.1 Å². The van der Waals surface area contributed by atoms with Gasteiger partial charge in [0.15, 0.2) is 5.76 Å². The molecule has 0 spiro atoms. The Morgan fingerprint density at radius 1 is 1.31 bits per heavy atom. The number of rotatable bonds is 7. The zero-order valence-electron chi connectivity index (χ0n) is 17.7. The number of nitrogens with zero attached hydrogens (tertiary/aromatic N) is 1. The van der Waals surface area contributed by atoms with Gasteiger partial charge in [-0.3, -0.25) is 10.1 Å². The van der Waals surface area contributed by atoms with Gasteiger partial charge in [0.2, 0.25) is 5.78 Å². The average molecular weight is 417 g/mol. The van der Waals surface area contributed by atoms with Gasteiger partial charge in [0.1, 0.15) is 0 Å². The summed E-state index contributed by atoms with van der Waals surface area (Å²) in [6, 6.07) is 8.00. The first-order valence-corrected chi connectivity index (χ1v) is 11.4. The third-order valence-electron chi connectivity index (χ3n) is 6.87. The zero-order valence-corrected chi connectivity index (χ0v) is 18.4. The van der Waals surface area contributed by atoms with Crippen LogP contribution in [0, 0.1) is 17.3 Å². The molecule has 1 aromatic carbocycles. The van der Waals surface area contributed by atoms with E-state index in [1.807, 2.05) is 18.2 Å². The lowest BCUT2D eigenvalue weighted by atomic mass is 9.79. The Labute approximate surface area is 179 Å². The Morgan fingerprint density at radius 3 is 2.76 bits per heavy atom. The number of carbonyl (C=O) groups excluding carboxylic acids is 1. The Hall–Kier alpha value is -1.52. The monoisotopic (exact) mass is 416 g/mol. The first-order valence-electron chi connectivity index (χ1n) is 11.1. The summed E-state index contributed by atoms with van der Waals surface area (Å²) in [6.07, 6.45) is 7.24. The molecule has 1 saturated carbocycles. The number of hydrogen-bond donors (Lipinski definition) is 1. The normalized spacial score (nSPS) is 29.1. The first kappa shape index (κ1) is 20.7. The third-order valence-corrected chi connectivity index (χ3v) is 7.11. The molecule has 1 aliphatic heterocycles. The maximum atomic E-state index is 13.7. The molecule has 158 valence electrons. The number of aryl methyl sites for hydroxylation is 1. The molecule has 0 bridgehead atoms. The Kier molecular flexibility index (Phi) is 6.21. The second kappa shape index (κ2) is 8.69. The Bertz CT molecular complexity index is 783. The van der Waals surface area contributed by atoms with Crippen molar-refractivity contribution in [3.63, 3.8) is 0 Å². The summed E-state index contributed by atoms with van der Waals surface area (Å²) in [5.74, 6) is 1.24. The SMILES string of the molecule is CC1CCC/C(N2CNC2)=C(/OCC2(C)CC2)C(=O)C1CCc1cccc(Cl)c1. The molecule has 5 heteroatoms. The van der Waals surface area contributed by atoms with Crippen LogP contribution in [-0.4, -0.2) is 30.6 Å². The van der Waals surface area contributed by atoms with Crippen molar-refractivity contribution in [1.82, 2.24) is 10.2 Å². The van der Waals surface area contributed by atoms with Gasteiger partial charge in [0.25, 0.3) is 0 Å². The van der Waals surface area contributed by atoms with E-state index >= 15 is 0 Å². The van der Waals surface area contributed by atoms with Crippen LogP contribution >= 0.6 is 11.6 Å². The van der Waals surface area contributed by atoms with Crippen molar-refractivity contribution in [2.45, 2.75) is 58.8 Å². The highest BCUT2D eigenvalue weighted by Gasteiger charge is 2.40. The molecule has 1 N–H and O–H groups in total. The summed E-state index contributed by atoms with van der Waals surface area (Å²) in [5, 5.41) is 4.06. The predicted octanol–water partition coefficient (Wildman–Crippen LogP) is 5.13. The van der Waals surface area contributed by atoms with Crippen LogP contribution in [-0.2, 0) is 16.0 Å². The van der Waals surface area contributed by atoms with E-state index in [1.54, 1.807) is 0 Å². The van der Waals surface area contributed by atoms with Gasteiger partial charge in [-0.05, 0) is 68.6 Å². The van der Waals surface area contributed by atoms with Crippen LogP contribution < -0.4 is 5.32 Å². The second-order valence-corrected chi connectivity index (χ2v) is 9.93. The van der Waals surface area contributed by atoms with Gasteiger partial charge in [-0.25, -0.2) is 0 Å². The molecule has 1 heterocycles. The van der Waals surface area contributed by atoms with Gasteiger partial charge in [-0.15, -0.1) is 0 Å². The van der Waals surface area contributed by atoms with Gasteiger partial charge >= 0.3 is 0 Å². The molecule has 2 atom stereocenters. The molecule has 0 radical (unpaired) electrons.